The molecule has 0 aromatic heterocycles. The Bertz CT molecular complexity index is 769. The van der Waals surface area contributed by atoms with Crippen LogP contribution in [0.3, 0.4) is 0 Å². The van der Waals surface area contributed by atoms with E-state index in [1.54, 1.807) is 0 Å². The van der Waals surface area contributed by atoms with Crippen molar-refractivity contribution in [2.24, 2.45) is 0 Å². The lowest BCUT2D eigenvalue weighted by atomic mass is 10.0. The molecule has 3 rings (SSSR count). The fourth-order valence-corrected chi connectivity index (χ4v) is 3.51. The summed E-state index contributed by atoms with van der Waals surface area (Å²) in [6.45, 7) is 4.02. The molecule has 0 aliphatic heterocycles. The van der Waals surface area contributed by atoms with Gasteiger partial charge in [-0.25, -0.2) is 0 Å². The molecular formula is C22H24NO3. The molecule has 1 N–H and O–H groups in total. The summed E-state index contributed by atoms with van der Waals surface area (Å²) < 4.78 is 5.87. The first-order valence-electron chi connectivity index (χ1n) is 9.03. The highest BCUT2D eigenvalue weighted by Gasteiger charge is 2.36. The number of anilines is 1. The third-order valence-corrected chi connectivity index (χ3v) is 4.70. The van der Waals surface area contributed by atoms with Crippen molar-refractivity contribution in [3.05, 3.63) is 59.2 Å². The van der Waals surface area contributed by atoms with E-state index in [1.165, 1.54) is 0 Å². The summed E-state index contributed by atoms with van der Waals surface area (Å²) in [5.41, 5.74) is 3.17. The number of aryl methyl sites for hydroxylation is 2. The van der Waals surface area contributed by atoms with Gasteiger partial charge in [-0.2, -0.15) is 0 Å². The van der Waals surface area contributed by atoms with Gasteiger partial charge in [-0.15, -0.1) is 0 Å². The number of ether oxygens (including phenoxy) is 1. The van der Waals surface area contributed by atoms with E-state index < -0.39 is 5.60 Å². The number of benzene rings is 2. The lowest BCUT2D eigenvalue weighted by Gasteiger charge is -2.23. The maximum absolute atomic E-state index is 12.3. The van der Waals surface area contributed by atoms with Gasteiger partial charge >= 0.3 is 0 Å². The van der Waals surface area contributed by atoms with E-state index in [0.717, 1.165) is 48.1 Å². The second-order valence-corrected chi connectivity index (χ2v) is 7.15. The smallest absolute Gasteiger partial charge is 0.246 e. The van der Waals surface area contributed by atoms with Crippen LogP contribution in [0, 0.1) is 13.8 Å². The average molecular weight is 350 g/mol. The van der Waals surface area contributed by atoms with E-state index in [4.69, 9.17) is 4.74 Å². The second kappa shape index (κ2) is 7.73. The highest BCUT2D eigenvalue weighted by atomic mass is 16.5. The van der Waals surface area contributed by atoms with Crippen molar-refractivity contribution in [1.82, 2.24) is 0 Å². The Kier molecular flexibility index (Phi) is 5.40. The Morgan fingerprint density at radius 3 is 2.27 bits per heavy atom. The Labute approximate surface area is 154 Å². The molecule has 0 saturated heterocycles. The molecule has 2 aromatic rings. The number of carbonyl (C=O) groups is 1. The molecule has 0 heterocycles. The van der Waals surface area contributed by atoms with E-state index in [9.17, 15) is 9.59 Å². The van der Waals surface area contributed by atoms with Crippen LogP contribution in [0.15, 0.2) is 42.5 Å². The summed E-state index contributed by atoms with van der Waals surface area (Å²) >= 11 is 0. The molecule has 0 spiro atoms. The van der Waals surface area contributed by atoms with E-state index in [-0.39, 0.29) is 12.3 Å². The first-order chi connectivity index (χ1) is 12.5. The van der Waals surface area contributed by atoms with Crippen molar-refractivity contribution in [1.29, 1.82) is 0 Å². The Morgan fingerprint density at radius 2 is 1.69 bits per heavy atom. The molecule has 0 bridgehead atoms. The zero-order valence-electron chi connectivity index (χ0n) is 15.3. The number of carbonyl (C=O) groups excluding carboxylic acids is 2. The fraction of sp³-hybridized carbons (Fsp3) is 0.364. The molecule has 0 atom stereocenters. The number of amides is 1. The monoisotopic (exact) mass is 350 g/mol. The van der Waals surface area contributed by atoms with E-state index in [0.29, 0.717) is 5.75 Å². The predicted molar refractivity (Wildman–Crippen MR) is 102 cm³/mol. The van der Waals surface area contributed by atoms with Gasteiger partial charge in [0.15, 0.2) is 5.60 Å². The zero-order valence-corrected chi connectivity index (χ0v) is 15.3. The Morgan fingerprint density at radius 1 is 1.08 bits per heavy atom. The normalized spacial score (nSPS) is 15.5. The number of nitrogens with one attached hydrogen (secondary N) is 1. The third kappa shape index (κ3) is 4.51. The minimum atomic E-state index is -0.790. The van der Waals surface area contributed by atoms with Crippen molar-refractivity contribution in [3.63, 3.8) is 0 Å². The van der Waals surface area contributed by atoms with Gasteiger partial charge in [-0.1, -0.05) is 18.2 Å². The molecule has 2 aromatic carbocycles. The van der Waals surface area contributed by atoms with Gasteiger partial charge in [0, 0.05) is 5.69 Å². The summed E-state index contributed by atoms with van der Waals surface area (Å²) in [4.78, 5) is 23.5. The summed E-state index contributed by atoms with van der Waals surface area (Å²) in [7, 11) is 0. The molecule has 135 valence electrons. The third-order valence-electron chi connectivity index (χ3n) is 4.70. The minimum absolute atomic E-state index is 0.0582. The fourth-order valence-electron chi connectivity index (χ4n) is 3.51. The maximum atomic E-state index is 12.3. The van der Waals surface area contributed by atoms with E-state index in [1.807, 2.05) is 50.2 Å². The van der Waals surface area contributed by atoms with Crippen LogP contribution in [0.5, 0.6) is 5.75 Å². The molecular weight excluding hydrogens is 326 g/mol. The number of hydrogen-bond acceptors (Lipinski definition) is 3. The highest BCUT2D eigenvalue weighted by Crippen LogP contribution is 2.33. The number of hydrogen-bond donors (Lipinski definition) is 1. The van der Waals surface area contributed by atoms with Gasteiger partial charge < -0.3 is 10.1 Å². The molecule has 4 heteroatoms. The van der Waals surface area contributed by atoms with Crippen molar-refractivity contribution >= 4 is 17.9 Å². The van der Waals surface area contributed by atoms with Crippen LogP contribution >= 0.6 is 0 Å². The topological polar surface area (TPSA) is 55.4 Å². The van der Waals surface area contributed by atoms with Crippen molar-refractivity contribution < 1.29 is 14.3 Å². The van der Waals surface area contributed by atoms with Gasteiger partial charge in [-0.05, 0) is 80.5 Å². The van der Waals surface area contributed by atoms with E-state index in [2.05, 4.69) is 17.7 Å². The molecule has 1 aliphatic rings. The standard InChI is InChI=1S/C22H24NO3/c1-16-11-17(2)13-19(12-16)23-21(25)14-18-5-7-20(8-6-18)26-22(15-24)9-3-4-10-22/h5-8,11-13H,3-4,9-10,14H2,1-2H3,(H,23,25). The lowest BCUT2D eigenvalue weighted by molar-refractivity contribution is -0.115. The molecule has 1 aliphatic carbocycles. The molecule has 0 unspecified atom stereocenters. The molecule has 1 saturated carbocycles. The first-order valence-corrected chi connectivity index (χ1v) is 9.03. The second-order valence-electron chi connectivity index (χ2n) is 7.15. The van der Waals surface area contributed by atoms with Gasteiger partial charge in [0.05, 0.1) is 6.42 Å². The molecule has 1 radical (unpaired) electrons. The van der Waals surface area contributed by atoms with Crippen molar-refractivity contribution in [2.75, 3.05) is 5.32 Å². The zero-order chi connectivity index (χ0) is 18.6. The molecule has 4 nitrogen and oxygen atoms in total. The summed E-state index contributed by atoms with van der Waals surface area (Å²) in [6.07, 6.45) is 5.78. The van der Waals surface area contributed by atoms with Crippen molar-refractivity contribution in [2.45, 2.75) is 51.6 Å². The Hall–Kier alpha value is -2.62. The average Bonchev–Trinajstić information content (AvgIpc) is 3.05. The van der Waals surface area contributed by atoms with E-state index >= 15 is 0 Å². The van der Waals surface area contributed by atoms with Crippen LogP contribution in [0.1, 0.15) is 42.4 Å². The van der Waals surface area contributed by atoms with Crippen LogP contribution in [0.4, 0.5) is 5.69 Å². The predicted octanol–water partition coefficient (Wildman–Crippen LogP) is 4.29. The summed E-state index contributed by atoms with van der Waals surface area (Å²) in [5.74, 6) is 0.589. The highest BCUT2D eigenvalue weighted by molar-refractivity contribution is 5.92. The van der Waals surface area contributed by atoms with Crippen LogP contribution in [0.2, 0.25) is 0 Å². The quantitative estimate of drug-likeness (QED) is 0.846. The number of rotatable bonds is 6. The van der Waals surface area contributed by atoms with Crippen molar-refractivity contribution in [3.8, 4) is 5.75 Å². The van der Waals surface area contributed by atoms with Gasteiger partial charge in [0.2, 0.25) is 12.2 Å². The molecule has 26 heavy (non-hydrogen) atoms. The summed E-state index contributed by atoms with van der Waals surface area (Å²) in [6, 6.07) is 13.3. The van der Waals surface area contributed by atoms with Gasteiger partial charge in [0.25, 0.3) is 0 Å². The van der Waals surface area contributed by atoms with Crippen LogP contribution in [-0.4, -0.2) is 17.8 Å². The molecule has 1 amide bonds. The van der Waals surface area contributed by atoms with Crippen LogP contribution in [-0.2, 0) is 16.0 Å². The van der Waals surface area contributed by atoms with Crippen LogP contribution < -0.4 is 10.1 Å². The van der Waals surface area contributed by atoms with Gasteiger partial charge in [0.1, 0.15) is 5.75 Å². The molecule has 1 fully saturated rings. The lowest BCUT2D eigenvalue weighted by Crippen LogP contribution is -2.34. The maximum Gasteiger partial charge on any atom is 0.246 e. The minimum Gasteiger partial charge on any atom is -0.479 e. The largest absolute Gasteiger partial charge is 0.479 e. The summed E-state index contributed by atoms with van der Waals surface area (Å²) in [5, 5.41) is 2.94. The first kappa shape index (κ1) is 18.2. The van der Waals surface area contributed by atoms with Crippen LogP contribution in [0.25, 0.3) is 0 Å². The SMILES string of the molecule is Cc1cc(C)cc(NC(=O)Cc2ccc(OC3([C]=O)CCCC3)cc2)c1. The van der Waals surface area contributed by atoms with Gasteiger partial charge in [-0.3, -0.25) is 9.59 Å². The Balaban J connectivity index is 1.60.